The molecule has 0 heterocycles. The average molecular weight is 394 g/mol. The molecule has 7 atom stereocenters. The van der Waals surface area contributed by atoms with Crippen molar-refractivity contribution in [2.45, 2.75) is 57.2 Å². The fourth-order valence-corrected chi connectivity index (χ4v) is 7.49. The van der Waals surface area contributed by atoms with E-state index < -0.39 is 23.3 Å². The molecule has 0 saturated heterocycles. The second-order valence-electron chi connectivity index (χ2n) is 9.33. The summed E-state index contributed by atoms with van der Waals surface area (Å²) in [6.07, 6.45) is 1.77. The van der Waals surface area contributed by atoms with E-state index in [1.54, 1.807) is 0 Å². The molecule has 4 saturated carbocycles. The van der Waals surface area contributed by atoms with Gasteiger partial charge in [-0.15, -0.1) is 0 Å². The third-order valence-corrected chi connectivity index (χ3v) is 8.34. The maximum absolute atomic E-state index is 13.6. The van der Waals surface area contributed by atoms with Gasteiger partial charge in [0.05, 0.1) is 11.1 Å². The molecule has 152 valence electrons. The van der Waals surface area contributed by atoms with E-state index in [9.17, 15) is 23.1 Å². The number of benzene rings is 1. The number of alkyl halides is 3. The van der Waals surface area contributed by atoms with Crippen LogP contribution in [-0.2, 0) is 6.18 Å². The quantitative estimate of drug-likeness (QED) is 0.673. The van der Waals surface area contributed by atoms with Crippen molar-refractivity contribution in [2.24, 2.45) is 35.5 Å². The fraction of sp³-hybridized carbons (Fsp3) is 0.682. The van der Waals surface area contributed by atoms with Crippen LogP contribution in [0, 0.1) is 35.5 Å². The molecule has 4 bridgehead atoms. The van der Waals surface area contributed by atoms with E-state index in [0.29, 0.717) is 24.2 Å². The third kappa shape index (κ3) is 2.45. The molecule has 0 aliphatic heterocycles. The Morgan fingerprint density at radius 1 is 1.18 bits per heavy atom. The van der Waals surface area contributed by atoms with Crippen molar-refractivity contribution in [3.05, 3.63) is 29.3 Å². The van der Waals surface area contributed by atoms with E-state index >= 15 is 0 Å². The van der Waals surface area contributed by atoms with Gasteiger partial charge in [0, 0.05) is 5.92 Å². The number of rotatable bonds is 4. The first-order valence-electron chi connectivity index (χ1n) is 10.4. The highest BCUT2D eigenvalue weighted by atomic mass is 19.4. The van der Waals surface area contributed by atoms with Crippen LogP contribution in [0.15, 0.2) is 18.2 Å². The van der Waals surface area contributed by atoms with Crippen molar-refractivity contribution in [1.29, 1.82) is 0 Å². The molecule has 4 fully saturated rings. The molecule has 1 aromatic rings. The van der Waals surface area contributed by atoms with Gasteiger partial charge in [-0.2, -0.15) is 13.2 Å². The summed E-state index contributed by atoms with van der Waals surface area (Å²) in [7, 11) is 0. The number of carbonyl (C=O) groups is 1. The number of aromatic carboxylic acids is 1. The first-order valence-corrected chi connectivity index (χ1v) is 10.4. The first-order chi connectivity index (χ1) is 13.2. The molecule has 1 N–H and O–H groups in total. The maximum Gasteiger partial charge on any atom is 0.419 e. The summed E-state index contributed by atoms with van der Waals surface area (Å²) in [6.45, 7) is 2.00. The smallest absolute Gasteiger partial charge is 0.419 e. The summed E-state index contributed by atoms with van der Waals surface area (Å²) in [5, 5.41) is 9.25. The van der Waals surface area contributed by atoms with Gasteiger partial charge in [0.15, 0.2) is 0 Å². The maximum atomic E-state index is 13.6. The summed E-state index contributed by atoms with van der Waals surface area (Å²) >= 11 is 0. The predicted molar refractivity (Wildman–Crippen MR) is 96.1 cm³/mol. The van der Waals surface area contributed by atoms with Crippen LogP contribution in [-0.4, -0.2) is 16.7 Å². The van der Waals surface area contributed by atoms with Crippen LogP contribution >= 0.6 is 0 Å². The average Bonchev–Trinajstić information content (AvgIpc) is 3.39. The normalized spacial score (nSPS) is 40.7. The molecule has 4 aliphatic carbocycles. The Kier molecular flexibility index (Phi) is 3.86. The van der Waals surface area contributed by atoms with Gasteiger partial charge < -0.3 is 9.84 Å². The standard InChI is InChI=1S/C22H25F3O3/c1-2-21(10-14-8-16(21)19-12-4-3-11(7-12)18(14)19)28-17-9-13(20(26)27)5-6-15(17)22(23,24)25/h5-6,9,11-12,14,16,18-19H,2-4,7-8,10H2,1H3,(H,26,27). The largest absolute Gasteiger partial charge is 0.486 e. The van der Waals surface area contributed by atoms with Crippen LogP contribution in [0.1, 0.15) is 61.4 Å². The van der Waals surface area contributed by atoms with E-state index in [0.717, 1.165) is 42.9 Å². The minimum absolute atomic E-state index is 0.171. The molecular weight excluding hydrogens is 369 g/mol. The zero-order chi connectivity index (χ0) is 19.8. The van der Waals surface area contributed by atoms with Gasteiger partial charge in [0.25, 0.3) is 0 Å². The zero-order valence-electron chi connectivity index (χ0n) is 15.8. The molecule has 0 aromatic heterocycles. The van der Waals surface area contributed by atoms with Crippen LogP contribution in [0.5, 0.6) is 5.75 Å². The molecule has 0 spiro atoms. The number of ether oxygens (including phenoxy) is 1. The monoisotopic (exact) mass is 394 g/mol. The van der Waals surface area contributed by atoms with E-state index in [-0.39, 0.29) is 17.2 Å². The van der Waals surface area contributed by atoms with Crippen LogP contribution in [0.25, 0.3) is 0 Å². The molecule has 1 aromatic carbocycles. The van der Waals surface area contributed by atoms with Crippen molar-refractivity contribution >= 4 is 5.97 Å². The van der Waals surface area contributed by atoms with Crippen molar-refractivity contribution in [3.8, 4) is 5.75 Å². The predicted octanol–water partition coefficient (Wildman–Crippen LogP) is 5.63. The second kappa shape index (κ2) is 5.90. The topological polar surface area (TPSA) is 46.5 Å². The lowest BCUT2D eigenvalue weighted by Crippen LogP contribution is -2.48. The van der Waals surface area contributed by atoms with E-state index in [2.05, 4.69) is 0 Å². The summed E-state index contributed by atoms with van der Waals surface area (Å²) < 4.78 is 47.0. The molecule has 7 unspecified atom stereocenters. The Hall–Kier alpha value is -1.72. The molecule has 3 nitrogen and oxygen atoms in total. The number of hydrogen-bond donors (Lipinski definition) is 1. The van der Waals surface area contributed by atoms with Gasteiger partial charge in [-0.05, 0) is 86.3 Å². The zero-order valence-corrected chi connectivity index (χ0v) is 15.8. The Morgan fingerprint density at radius 3 is 2.54 bits per heavy atom. The number of hydrogen-bond acceptors (Lipinski definition) is 2. The Bertz CT molecular complexity index is 820. The number of carboxylic acid groups (broad SMARTS) is 1. The van der Waals surface area contributed by atoms with E-state index in [1.165, 1.54) is 19.3 Å². The van der Waals surface area contributed by atoms with Crippen molar-refractivity contribution in [1.82, 2.24) is 0 Å². The number of halogens is 3. The molecular formula is C22H25F3O3. The minimum Gasteiger partial charge on any atom is -0.486 e. The van der Waals surface area contributed by atoms with Gasteiger partial charge in [-0.3, -0.25) is 0 Å². The van der Waals surface area contributed by atoms with Crippen LogP contribution in [0.3, 0.4) is 0 Å². The fourth-order valence-electron chi connectivity index (χ4n) is 7.49. The van der Waals surface area contributed by atoms with Gasteiger partial charge in [0.2, 0.25) is 0 Å². The van der Waals surface area contributed by atoms with Gasteiger partial charge in [-0.25, -0.2) is 4.79 Å². The Morgan fingerprint density at radius 2 is 1.89 bits per heavy atom. The van der Waals surface area contributed by atoms with Crippen molar-refractivity contribution in [2.75, 3.05) is 0 Å². The van der Waals surface area contributed by atoms with Crippen LogP contribution < -0.4 is 4.74 Å². The molecule has 28 heavy (non-hydrogen) atoms. The highest BCUT2D eigenvalue weighted by Gasteiger charge is 2.67. The lowest BCUT2D eigenvalue weighted by molar-refractivity contribution is -0.141. The molecule has 6 heteroatoms. The SMILES string of the molecule is CCC1(Oc2cc(C(=O)O)ccc2C(F)(F)F)CC2CC1C1C3CCC(C3)C21. The first kappa shape index (κ1) is 18.3. The highest BCUT2D eigenvalue weighted by molar-refractivity contribution is 5.88. The molecule has 0 radical (unpaired) electrons. The minimum atomic E-state index is -4.58. The summed E-state index contributed by atoms with van der Waals surface area (Å²) in [5.74, 6) is 2.09. The third-order valence-electron chi connectivity index (χ3n) is 8.34. The van der Waals surface area contributed by atoms with Crippen LogP contribution in [0.4, 0.5) is 13.2 Å². The summed E-state index contributed by atoms with van der Waals surface area (Å²) in [5.41, 5.74) is -1.65. The van der Waals surface area contributed by atoms with Gasteiger partial charge in [0.1, 0.15) is 11.4 Å². The van der Waals surface area contributed by atoms with Crippen molar-refractivity contribution < 1.29 is 27.8 Å². The lowest BCUT2D eigenvalue weighted by atomic mass is 9.65. The number of carboxylic acids is 1. The van der Waals surface area contributed by atoms with E-state index in [1.807, 2.05) is 6.92 Å². The highest BCUT2D eigenvalue weighted by Crippen LogP contribution is 2.70. The number of fused-ring (bicyclic) bond motifs is 9. The molecule has 0 amide bonds. The Balaban J connectivity index is 1.52. The molecule has 4 aliphatic rings. The van der Waals surface area contributed by atoms with E-state index in [4.69, 9.17) is 4.74 Å². The lowest BCUT2D eigenvalue weighted by Gasteiger charge is -2.46. The van der Waals surface area contributed by atoms with Gasteiger partial charge in [-0.1, -0.05) is 6.92 Å². The van der Waals surface area contributed by atoms with Crippen molar-refractivity contribution in [3.63, 3.8) is 0 Å². The summed E-state index contributed by atoms with van der Waals surface area (Å²) in [6, 6.07) is 2.91. The molecule has 5 rings (SSSR count). The second-order valence-corrected chi connectivity index (χ2v) is 9.33. The summed E-state index contributed by atoms with van der Waals surface area (Å²) in [4.78, 5) is 11.3. The Labute approximate surface area is 162 Å². The van der Waals surface area contributed by atoms with Gasteiger partial charge >= 0.3 is 12.1 Å². The van der Waals surface area contributed by atoms with Crippen LogP contribution in [0.2, 0.25) is 0 Å².